The van der Waals surface area contributed by atoms with E-state index in [0.717, 1.165) is 25.1 Å². The highest BCUT2D eigenvalue weighted by molar-refractivity contribution is 5.86. The maximum absolute atomic E-state index is 11.8. The quantitative estimate of drug-likeness (QED) is 0.881. The summed E-state index contributed by atoms with van der Waals surface area (Å²) in [5.41, 5.74) is 3.32. The van der Waals surface area contributed by atoms with Crippen molar-refractivity contribution in [2.24, 2.45) is 0 Å². The fourth-order valence-corrected chi connectivity index (χ4v) is 4.04. The second kappa shape index (κ2) is 5.91. The second-order valence-corrected chi connectivity index (χ2v) is 6.99. The summed E-state index contributed by atoms with van der Waals surface area (Å²) in [5.74, 6) is -0.194. The van der Waals surface area contributed by atoms with Gasteiger partial charge >= 0.3 is 5.97 Å². The Morgan fingerprint density at radius 3 is 2.46 bits per heavy atom. The van der Waals surface area contributed by atoms with Crippen molar-refractivity contribution >= 4 is 5.97 Å². The summed E-state index contributed by atoms with van der Waals surface area (Å²) in [4.78, 5) is 13.3. The molecule has 3 atom stereocenters. The lowest BCUT2D eigenvalue weighted by molar-refractivity contribution is -0.953. The van der Waals surface area contributed by atoms with Crippen LogP contribution < -0.4 is 4.90 Å². The van der Waals surface area contributed by atoms with E-state index in [9.17, 15) is 4.79 Å². The topological polar surface area (TPSA) is 30.7 Å². The van der Waals surface area contributed by atoms with Crippen LogP contribution in [0.4, 0.5) is 0 Å². The molecule has 0 aliphatic carbocycles. The van der Waals surface area contributed by atoms with Crippen molar-refractivity contribution in [1.82, 2.24) is 0 Å². The standard InChI is InChI=1S/C21H21NO2/c1-21-15-22(14-16-8-4-2-5-9-16)19(17-10-6-3-7-11-17)12-18(21)13-20(23)24-21/h2-11,13,19H,12,14-15H2,1H3/p+1/t19-,21-/m0/s1. The summed E-state index contributed by atoms with van der Waals surface area (Å²) >= 11 is 0. The third-order valence-electron chi connectivity index (χ3n) is 5.25. The Balaban J connectivity index is 1.68. The number of hydrogen-bond donors (Lipinski definition) is 1. The molecule has 24 heavy (non-hydrogen) atoms. The van der Waals surface area contributed by atoms with Crippen molar-refractivity contribution in [2.45, 2.75) is 31.5 Å². The lowest BCUT2D eigenvalue weighted by atomic mass is 9.82. The smallest absolute Gasteiger partial charge is 0.331 e. The number of ether oxygens (including phenoxy) is 1. The minimum absolute atomic E-state index is 0.194. The third kappa shape index (κ3) is 2.76. The van der Waals surface area contributed by atoms with Crippen molar-refractivity contribution in [3.8, 4) is 0 Å². The van der Waals surface area contributed by atoms with E-state index in [4.69, 9.17) is 4.74 Å². The molecule has 4 rings (SSSR count). The normalized spacial score (nSPS) is 28.9. The van der Waals surface area contributed by atoms with Crippen molar-refractivity contribution < 1.29 is 14.4 Å². The van der Waals surface area contributed by atoms with Gasteiger partial charge in [-0.3, -0.25) is 0 Å². The van der Waals surface area contributed by atoms with Crippen LogP contribution in [0.15, 0.2) is 72.3 Å². The van der Waals surface area contributed by atoms with Crippen molar-refractivity contribution in [3.05, 3.63) is 83.4 Å². The minimum Gasteiger partial charge on any atom is -0.446 e. The van der Waals surface area contributed by atoms with Gasteiger partial charge in [0.25, 0.3) is 0 Å². The Labute approximate surface area is 142 Å². The van der Waals surface area contributed by atoms with E-state index >= 15 is 0 Å². The predicted octanol–water partition coefficient (Wildman–Crippen LogP) is 2.46. The Morgan fingerprint density at radius 2 is 1.75 bits per heavy atom. The van der Waals surface area contributed by atoms with Crippen LogP contribution in [-0.4, -0.2) is 18.1 Å². The van der Waals surface area contributed by atoms with Crippen molar-refractivity contribution in [3.63, 3.8) is 0 Å². The van der Waals surface area contributed by atoms with Crippen LogP contribution in [0.5, 0.6) is 0 Å². The first-order valence-electron chi connectivity index (χ1n) is 8.51. The van der Waals surface area contributed by atoms with Gasteiger partial charge in [0.05, 0.1) is 0 Å². The average Bonchev–Trinajstić information content (AvgIpc) is 2.88. The van der Waals surface area contributed by atoms with Gasteiger partial charge in [-0.25, -0.2) is 4.79 Å². The number of rotatable bonds is 3. The maximum Gasteiger partial charge on any atom is 0.331 e. The molecule has 0 spiro atoms. The molecule has 0 saturated carbocycles. The van der Waals surface area contributed by atoms with Gasteiger partial charge in [-0.2, -0.15) is 0 Å². The van der Waals surface area contributed by atoms with Gasteiger partial charge in [-0.1, -0.05) is 60.7 Å². The Morgan fingerprint density at radius 1 is 1.08 bits per heavy atom. The molecule has 1 unspecified atom stereocenters. The molecule has 3 heteroatoms. The zero-order valence-electron chi connectivity index (χ0n) is 13.9. The molecule has 0 bridgehead atoms. The fraction of sp³-hybridized carbons (Fsp3) is 0.286. The highest BCUT2D eigenvalue weighted by atomic mass is 16.6. The van der Waals surface area contributed by atoms with E-state index in [2.05, 4.69) is 61.5 Å². The summed E-state index contributed by atoms with van der Waals surface area (Å²) in [6, 6.07) is 21.5. The van der Waals surface area contributed by atoms with Crippen molar-refractivity contribution in [1.29, 1.82) is 0 Å². The molecule has 1 fully saturated rings. The lowest BCUT2D eigenvalue weighted by Gasteiger charge is -2.41. The molecule has 0 aromatic heterocycles. The Hall–Kier alpha value is -2.39. The molecule has 3 nitrogen and oxygen atoms in total. The molecular weight excluding hydrogens is 298 g/mol. The van der Waals surface area contributed by atoms with Gasteiger partial charge in [-0.15, -0.1) is 0 Å². The van der Waals surface area contributed by atoms with E-state index in [1.54, 1.807) is 6.08 Å². The monoisotopic (exact) mass is 320 g/mol. The van der Waals surface area contributed by atoms with Crippen LogP contribution in [0.3, 0.4) is 0 Å². The molecule has 2 aromatic rings. The average molecular weight is 320 g/mol. The van der Waals surface area contributed by atoms with Crippen LogP contribution in [0.2, 0.25) is 0 Å². The number of likely N-dealkylation sites (tertiary alicyclic amines) is 1. The van der Waals surface area contributed by atoms with E-state index in [1.807, 2.05) is 6.07 Å². The molecule has 1 N–H and O–H groups in total. The van der Waals surface area contributed by atoms with Crippen LogP contribution in [0, 0.1) is 0 Å². The van der Waals surface area contributed by atoms with E-state index in [1.165, 1.54) is 16.0 Å². The van der Waals surface area contributed by atoms with Gasteiger partial charge in [-0.05, 0) is 12.5 Å². The molecule has 0 radical (unpaired) electrons. The third-order valence-corrected chi connectivity index (χ3v) is 5.25. The number of fused-ring (bicyclic) bond motifs is 1. The summed E-state index contributed by atoms with van der Waals surface area (Å²) in [6.45, 7) is 3.79. The second-order valence-electron chi connectivity index (χ2n) is 6.99. The highest BCUT2D eigenvalue weighted by Crippen LogP contribution is 2.36. The molecule has 2 heterocycles. The number of quaternary nitrogens is 1. The Kier molecular flexibility index (Phi) is 3.73. The summed E-state index contributed by atoms with van der Waals surface area (Å²) in [5, 5.41) is 0. The summed E-state index contributed by atoms with van der Waals surface area (Å²) in [7, 11) is 0. The molecule has 2 aliphatic heterocycles. The highest BCUT2D eigenvalue weighted by Gasteiger charge is 2.49. The molecule has 2 aliphatic rings. The molecule has 122 valence electrons. The number of carbonyl (C=O) groups is 1. The van der Waals surface area contributed by atoms with Gasteiger partial charge in [0.2, 0.25) is 0 Å². The van der Waals surface area contributed by atoms with Crippen LogP contribution in [0.25, 0.3) is 0 Å². The van der Waals surface area contributed by atoms with Crippen LogP contribution in [-0.2, 0) is 16.1 Å². The van der Waals surface area contributed by atoms with Gasteiger partial charge in [0.15, 0.2) is 5.60 Å². The van der Waals surface area contributed by atoms with Crippen LogP contribution in [0.1, 0.15) is 30.5 Å². The lowest BCUT2D eigenvalue weighted by Crippen LogP contribution is -3.14. The number of esters is 1. The zero-order chi connectivity index (χ0) is 16.6. The van der Waals surface area contributed by atoms with Crippen LogP contribution >= 0.6 is 0 Å². The number of piperidine rings is 1. The maximum atomic E-state index is 11.8. The van der Waals surface area contributed by atoms with Gasteiger partial charge in [0.1, 0.15) is 19.1 Å². The molecule has 1 saturated heterocycles. The van der Waals surface area contributed by atoms with E-state index < -0.39 is 5.60 Å². The van der Waals surface area contributed by atoms with E-state index in [-0.39, 0.29) is 5.97 Å². The number of benzene rings is 2. The number of carbonyl (C=O) groups excluding carboxylic acids is 1. The van der Waals surface area contributed by atoms with Gasteiger partial charge < -0.3 is 9.64 Å². The minimum atomic E-state index is -0.452. The Bertz CT molecular complexity index is 769. The first-order valence-corrected chi connectivity index (χ1v) is 8.51. The summed E-state index contributed by atoms with van der Waals surface area (Å²) < 4.78 is 5.65. The first-order chi connectivity index (χ1) is 11.6. The number of hydrogen-bond acceptors (Lipinski definition) is 2. The predicted molar refractivity (Wildman–Crippen MR) is 92.4 cm³/mol. The van der Waals surface area contributed by atoms with E-state index in [0.29, 0.717) is 6.04 Å². The van der Waals surface area contributed by atoms with Gasteiger partial charge in [0, 0.05) is 23.6 Å². The SMILES string of the molecule is C[C@]12C[NH+](Cc3ccccc3)[C@H](c3ccccc3)CC1=CC(=O)O2. The molecular formula is C21H22NO2+. The fourth-order valence-electron chi connectivity index (χ4n) is 4.04. The first kappa shape index (κ1) is 15.2. The van der Waals surface area contributed by atoms with Crippen molar-refractivity contribution in [2.75, 3.05) is 6.54 Å². The number of nitrogens with one attached hydrogen (secondary N) is 1. The zero-order valence-corrected chi connectivity index (χ0v) is 13.9. The largest absolute Gasteiger partial charge is 0.446 e. The summed E-state index contributed by atoms with van der Waals surface area (Å²) in [6.07, 6.45) is 2.57. The molecule has 0 amide bonds. The molecule has 2 aromatic carbocycles.